The Morgan fingerprint density at radius 1 is 1.45 bits per heavy atom. The fourth-order valence-electron chi connectivity index (χ4n) is 2.35. The van der Waals surface area contributed by atoms with E-state index in [0.29, 0.717) is 18.6 Å². The molecule has 0 saturated heterocycles. The van der Waals surface area contributed by atoms with Crippen molar-refractivity contribution in [1.29, 1.82) is 0 Å². The Morgan fingerprint density at radius 3 is 2.91 bits per heavy atom. The first-order valence-corrected chi connectivity index (χ1v) is 7.37. The van der Waals surface area contributed by atoms with Gasteiger partial charge in [0.2, 0.25) is 0 Å². The molecule has 0 heterocycles. The van der Waals surface area contributed by atoms with E-state index in [9.17, 15) is 9.18 Å². The van der Waals surface area contributed by atoms with E-state index in [0.717, 1.165) is 0 Å². The number of aliphatic hydroxyl groups excluding tert-OH is 1. The number of hydrogen-bond acceptors (Lipinski definition) is 3. The van der Waals surface area contributed by atoms with E-state index in [-0.39, 0.29) is 36.9 Å². The van der Waals surface area contributed by atoms with E-state index in [4.69, 9.17) is 9.84 Å². The number of amides is 2. The Labute approximate surface area is 129 Å². The third-order valence-corrected chi connectivity index (χ3v) is 3.47. The summed E-state index contributed by atoms with van der Waals surface area (Å²) >= 11 is 0. The molecule has 0 saturated carbocycles. The van der Waals surface area contributed by atoms with Crippen molar-refractivity contribution in [1.82, 2.24) is 10.6 Å². The molecule has 0 radical (unpaired) electrons. The molecule has 0 aliphatic heterocycles. The van der Waals surface area contributed by atoms with Gasteiger partial charge in [0.15, 0.2) is 11.6 Å². The van der Waals surface area contributed by atoms with Gasteiger partial charge in [0, 0.05) is 25.1 Å². The van der Waals surface area contributed by atoms with E-state index < -0.39 is 5.82 Å². The zero-order valence-corrected chi connectivity index (χ0v) is 12.5. The predicted molar refractivity (Wildman–Crippen MR) is 81.1 cm³/mol. The summed E-state index contributed by atoms with van der Waals surface area (Å²) in [6.07, 6.45) is 4.46. The topological polar surface area (TPSA) is 70.6 Å². The second-order valence-electron chi connectivity index (χ2n) is 5.19. The molecule has 0 bridgehead atoms. The molecule has 0 spiro atoms. The minimum Gasteiger partial charge on any atom is -0.491 e. The van der Waals surface area contributed by atoms with E-state index in [1.807, 2.05) is 12.2 Å². The zero-order chi connectivity index (χ0) is 15.9. The van der Waals surface area contributed by atoms with Crippen molar-refractivity contribution in [2.75, 3.05) is 13.2 Å². The minimum atomic E-state index is -0.439. The maximum absolute atomic E-state index is 13.7. The van der Waals surface area contributed by atoms with Crippen LogP contribution in [0.3, 0.4) is 0 Å². The van der Waals surface area contributed by atoms with E-state index >= 15 is 0 Å². The van der Waals surface area contributed by atoms with Crippen molar-refractivity contribution >= 4 is 6.03 Å². The Hall–Kier alpha value is -2.08. The molecule has 0 aromatic heterocycles. The van der Waals surface area contributed by atoms with Gasteiger partial charge in [-0.25, -0.2) is 9.18 Å². The summed E-state index contributed by atoms with van der Waals surface area (Å²) in [6.45, 7) is 2.51. The number of benzene rings is 1. The van der Waals surface area contributed by atoms with Crippen LogP contribution < -0.4 is 15.4 Å². The minimum absolute atomic E-state index is 0.0748. The van der Waals surface area contributed by atoms with E-state index in [1.54, 1.807) is 19.1 Å². The Bertz CT molecular complexity index is 548. The summed E-state index contributed by atoms with van der Waals surface area (Å²) in [5, 5.41) is 14.5. The molecular weight excluding hydrogens is 287 g/mol. The van der Waals surface area contributed by atoms with Crippen LogP contribution in [0.25, 0.3) is 0 Å². The van der Waals surface area contributed by atoms with Crippen LogP contribution in [0, 0.1) is 11.7 Å². The van der Waals surface area contributed by atoms with Crippen molar-refractivity contribution in [2.45, 2.75) is 25.9 Å². The van der Waals surface area contributed by atoms with Crippen LogP contribution in [-0.4, -0.2) is 30.4 Å². The molecule has 1 aliphatic rings. The van der Waals surface area contributed by atoms with Gasteiger partial charge in [0.1, 0.15) is 0 Å². The molecule has 0 fully saturated rings. The van der Waals surface area contributed by atoms with Crippen LogP contribution in [0.5, 0.6) is 5.75 Å². The van der Waals surface area contributed by atoms with Crippen molar-refractivity contribution in [2.24, 2.45) is 5.92 Å². The van der Waals surface area contributed by atoms with Gasteiger partial charge in [-0.15, -0.1) is 0 Å². The third kappa shape index (κ3) is 4.46. The van der Waals surface area contributed by atoms with Gasteiger partial charge < -0.3 is 20.5 Å². The number of hydrogen-bond donors (Lipinski definition) is 3. The number of nitrogens with one attached hydrogen (secondary N) is 2. The average molecular weight is 308 g/mol. The number of halogens is 1. The van der Waals surface area contributed by atoms with Crippen LogP contribution in [0.2, 0.25) is 0 Å². The highest BCUT2D eigenvalue weighted by molar-refractivity contribution is 5.74. The van der Waals surface area contributed by atoms with Crippen LogP contribution in [0.4, 0.5) is 9.18 Å². The summed E-state index contributed by atoms with van der Waals surface area (Å²) in [5.41, 5.74) is 0.659. The van der Waals surface area contributed by atoms with Crippen LogP contribution in [0.1, 0.15) is 18.9 Å². The first-order valence-electron chi connectivity index (χ1n) is 7.37. The van der Waals surface area contributed by atoms with Crippen molar-refractivity contribution in [3.8, 4) is 5.75 Å². The SMILES string of the molecule is CCOc1ccc(CNC(=O)N[C@@H]2C=C[C@H](CO)C2)cc1F. The second-order valence-corrected chi connectivity index (χ2v) is 5.19. The summed E-state index contributed by atoms with van der Waals surface area (Å²) in [7, 11) is 0. The first-order chi connectivity index (χ1) is 10.6. The maximum Gasteiger partial charge on any atom is 0.315 e. The zero-order valence-electron chi connectivity index (χ0n) is 12.5. The Kier molecular flexibility index (Phi) is 5.77. The molecular formula is C16H21FN2O3. The molecule has 1 aromatic rings. The smallest absolute Gasteiger partial charge is 0.315 e. The number of aliphatic hydroxyl groups is 1. The summed E-state index contributed by atoms with van der Waals surface area (Å²) in [5.74, 6) is -0.126. The van der Waals surface area contributed by atoms with Crippen molar-refractivity contribution < 1.29 is 19.0 Å². The molecule has 1 aliphatic carbocycles. The maximum atomic E-state index is 13.7. The number of urea groups is 1. The molecule has 22 heavy (non-hydrogen) atoms. The van der Waals surface area contributed by atoms with Crippen LogP contribution in [-0.2, 0) is 6.54 Å². The lowest BCUT2D eigenvalue weighted by Gasteiger charge is -2.14. The lowest BCUT2D eigenvalue weighted by Crippen LogP contribution is -2.40. The molecule has 2 atom stereocenters. The fourth-order valence-corrected chi connectivity index (χ4v) is 2.35. The Balaban J connectivity index is 1.79. The molecule has 1 aromatic carbocycles. The van der Waals surface area contributed by atoms with E-state index in [2.05, 4.69) is 10.6 Å². The third-order valence-electron chi connectivity index (χ3n) is 3.47. The lowest BCUT2D eigenvalue weighted by atomic mass is 10.1. The molecule has 120 valence electrons. The van der Waals surface area contributed by atoms with Gasteiger partial charge in [-0.3, -0.25) is 0 Å². The largest absolute Gasteiger partial charge is 0.491 e. The lowest BCUT2D eigenvalue weighted by molar-refractivity contribution is 0.231. The van der Waals surface area contributed by atoms with Gasteiger partial charge in [0.05, 0.1) is 6.61 Å². The highest BCUT2D eigenvalue weighted by Gasteiger charge is 2.19. The van der Waals surface area contributed by atoms with Gasteiger partial charge in [-0.05, 0) is 31.0 Å². The second kappa shape index (κ2) is 7.79. The molecule has 6 heteroatoms. The molecule has 2 rings (SSSR count). The average Bonchev–Trinajstić information content (AvgIpc) is 2.95. The van der Waals surface area contributed by atoms with Crippen molar-refractivity contribution in [3.63, 3.8) is 0 Å². The quantitative estimate of drug-likeness (QED) is 0.704. The summed E-state index contributed by atoms with van der Waals surface area (Å²) in [6, 6.07) is 4.23. The molecule has 0 unspecified atom stereocenters. The fraction of sp³-hybridized carbons (Fsp3) is 0.438. The molecule has 5 nitrogen and oxygen atoms in total. The van der Waals surface area contributed by atoms with Crippen LogP contribution in [0.15, 0.2) is 30.4 Å². The summed E-state index contributed by atoms with van der Waals surface area (Å²) < 4.78 is 18.8. The van der Waals surface area contributed by atoms with E-state index in [1.165, 1.54) is 6.07 Å². The normalized spacial score (nSPS) is 20.0. The number of ether oxygens (including phenoxy) is 1. The van der Waals surface area contributed by atoms with Crippen molar-refractivity contribution in [3.05, 3.63) is 41.7 Å². The summed E-state index contributed by atoms with van der Waals surface area (Å²) in [4.78, 5) is 11.8. The monoisotopic (exact) mass is 308 g/mol. The van der Waals surface area contributed by atoms with Gasteiger partial charge in [-0.1, -0.05) is 18.2 Å². The first kappa shape index (κ1) is 16.3. The molecule has 3 N–H and O–H groups in total. The van der Waals surface area contributed by atoms with Gasteiger partial charge in [0.25, 0.3) is 0 Å². The highest BCUT2D eigenvalue weighted by Crippen LogP contribution is 2.18. The standard InChI is InChI=1S/C16H21FN2O3/c1-2-22-15-6-4-11(8-14(15)17)9-18-16(21)19-13-5-3-12(7-13)10-20/h3-6,8,12-13,20H,2,7,9-10H2,1H3,(H2,18,19,21)/t12-,13+/m0/s1. The highest BCUT2D eigenvalue weighted by atomic mass is 19.1. The van der Waals surface area contributed by atoms with Gasteiger partial charge in [-0.2, -0.15) is 0 Å². The number of carbonyl (C=O) groups is 1. The number of carbonyl (C=O) groups excluding carboxylic acids is 1. The molecule has 2 amide bonds. The van der Waals surface area contributed by atoms with Gasteiger partial charge >= 0.3 is 6.03 Å². The predicted octanol–water partition coefficient (Wildman–Crippen LogP) is 1.96. The number of rotatable bonds is 6. The van der Waals surface area contributed by atoms with Crippen LogP contribution >= 0.6 is 0 Å². The Morgan fingerprint density at radius 2 is 2.27 bits per heavy atom.